The van der Waals surface area contributed by atoms with Gasteiger partial charge in [0.15, 0.2) is 0 Å². The van der Waals surface area contributed by atoms with E-state index in [4.69, 9.17) is 20.2 Å². The summed E-state index contributed by atoms with van der Waals surface area (Å²) < 4.78 is 12.1. The van der Waals surface area contributed by atoms with Crippen molar-refractivity contribution in [3.05, 3.63) is 70.0 Å². The van der Waals surface area contributed by atoms with E-state index in [9.17, 15) is 0 Å². The van der Waals surface area contributed by atoms with Crippen molar-refractivity contribution in [1.82, 2.24) is 15.2 Å². The van der Waals surface area contributed by atoms with Crippen LogP contribution in [0.1, 0.15) is 52.4 Å². The van der Waals surface area contributed by atoms with E-state index in [2.05, 4.69) is 40.5 Å². The summed E-state index contributed by atoms with van der Waals surface area (Å²) in [6.07, 6.45) is 4.16. The summed E-state index contributed by atoms with van der Waals surface area (Å²) in [5, 5.41) is 9.82. The third kappa shape index (κ3) is 2.57. The van der Waals surface area contributed by atoms with Crippen molar-refractivity contribution in [3.63, 3.8) is 0 Å². The monoisotopic (exact) mass is 412 g/mol. The van der Waals surface area contributed by atoms with Gasteiger partial charge in [-0.15, -0.1) is 5.10 Å². The SMILES string of the molecule is COc1ccc2ccccc2c1C1c2c(n[nH]c2C)Oc2nc3c(c(N)c21)CCCC3. The third-order valence-corrected chi connectivity index (χ3v) is 6.69. The lowest BCUT2D eigenvalue weighted by Crippen LogP contribution is -2.20. The number of nitrogens with two attached hydrogens (primary N) is 1. The number of aromatic nitrogens is 3. The van der Waals surface area contributed by atoms with Crippen LogP contribution in [0.4, 0.5) is 5.69 Å². The number of nitrogens with zero attached hydrogens (tertiary/aromatic N) is 2. The van der Waals surface area contributed by atoms with Crippen molar-refractivity contribution in [2.45, 2.75) is 38.5 Å². The molecule has 0 radical (unpaired) electrons. The molecule has 0 saturated carbocycles. The molecule has 1 aliphatic heterocycles. The second-order valence-electron chi connectivity index (χ2n) is 8.38. The van der Waals surface area contributed by atoms with Crippen LogP contribution >= 0.6 is 0 Å². The van der Waals surface area contributed by atoms with Crippen LogP contribution < -0.4 is 15.2 Å². The largest absolute Gasteiger partial charge is 0.496 e. The minimum atomic E-state index is -0.182. The fraction of sp³-hybridized carbons (Fsp3) is 0.280. The quantitative estimate of drug-likeness (QED) is 0.425. The summed E-state index contributed by atoms with van der Waals surface area (Å²) in [6, 6.07) is 12.5. The van der Waals surface area contributed by atoms with E-state index in [1.54, 1.807) is 7.11 Å². The Balaban J connectivity index is 1.73. The van der Waals surface area contributed by atoms with Crippen molar-refractivity contribution in [3.8, 4) is 17.5 Å². The highest BCUT2D eigenvalue weighted by atomic mass is 16.5. The number of aromatic amines is 1. The first-order valence-corrected chi connectivity index (χ1v) is 10.8. The predicted octanol–water partition coefficient (Wildman–Crippen LogP) is 5.02. The molecule has 0 spiro atoms. The van der Waals surface area contributed by atoms with Gasteiger partial charge in [0.2, 0.25) is 11.8 Å². The maximum absolute atomic E-state index is 6.87. The fourth-order valence-corrected chi connectivity index (χ4v) is 5.23. The highest BCUT2D eigenvalue weighted by molar-refractivity contribution is 5.90. The van der Waals surface area contributed by atoms with E-state index in [0.717, 1.165) is 76.0 Å². The van der Waals surface area contributed by atoms with Crippen LogP contribution in [0.5, 0.6) is 17.5 Å². The van der Waals surface area contributed by atoms with Gasteiger partial charge < -0.3 is 15.2 Å². The summed E-state index contributed by atoms with van der Waals surface area (Å²) in [5.41, 5.74) is 13.8. The van der Waals surface area contributed by atoms with Crippen LogP contribution in [0.15, 0.2) is 36.4 Å². The second kappa shape index (κ2) is 6.74. The van der Waals surface area contributed by atoms with Gasteiger partial charge in [0, 0.05) is 28.2 Å². The third-order valence-electron chi connectivity index (χ3n) is 6.69. The Labute approximate surface area is 180 Å². The summed E-state index contributed by atoms with van der Waals surface area (Å²) in [5.74, 6) is 1.77. The molecular weight excluding hydrogens is 388 g/mol. The molecule has 31 heavy (non-hydrogen) atoms. The number of methoxy groups -OCH3 is 1. The molecule has 6 nitrogen and oxygen atoms in total. The second-order valence-corrected chi connectivity index (χ2v) is 8.38. The van der Waals surface area contributed by atoms with Crippen molar-refractivity contribution < 1.29 is 9.47 Å². The normalized spacial score (nSPS) is 16.9. The van der Waals surface area contributed by atoms with Crippen LogP contribution in [0.25, 0.3) is 10.8 Å². The number of hydrogen-bond acceptors (Lipinski definition) is 5. The van der Waals surface area contributed by atoms with Crippen LogP contribution in [-0.4, -0.2) is 22.3 Å². The summed E-state index contributed by atoms with van der Waals surface area (Å²) in [6.45, 7) is 2.02. The number of H-pyrrole nitrogens is 1. The van der Waals surface area contributed by atoms with Gasteiger partial charge >= 0.3 is 0 Å². The van der Waals surface area contributed by atoms with Crippen molar-refractivity contribution in [1.29, 1.82) is 0 Å². The van der Waals surface area contributed by atoms with Crippen molar-refractivity contribution in [2.24, 2.45) is 0 Å². The molecule has 3 heterocycles. The molecular formula is C25H24N4O2. The molecule has 0 amide bonds. The lowest BCUT2D eigenvalue weighted by atomic mass is 9.79. The predicted molar refractivity (Wildman–Crippen MR) is 120 cm³/mol. The van der Waals surface area contributed by atoms with Crippen LogP contribution in [0.2, 0.25) is 0 Å². The van der Waals surface area contributed by atoms with Gasteiger partial charge in [0.25, 0.3) is 0 Å². The molecule has 4 aromatic rings. The molecule has 0 fully saturated rings. The number of pyridine rings is 1. The van der Waals surface area contributed by atoms with Crippen molar-refractivity contribution >= 4 is 16.5 Å². The van der Waals surface area contributed by atoms with Gasteiger partial charge in [-0.3, -0.25) is 5.10 Å². The Bertz CT molecular complexity index is 1340. The van der Waals surface area contributed by atoms with Crippen LogP contribution in [-0.2, 0) is 12.8 Å². The first-order valence-electron chi connectivity index (χ1n) is 10.8. The van der Waals surface area contributed by atoms with E-state index < -0.39 is 0 Å². The summed E-state index contributed by atoms with van der Waals surface area (Å²) >= 11 is 0. The zero-order chi connectivity index (χ0) is 21.1. The van der Waals surface area contributed by atoms with Gasteiger partial charge in [0.1, 0.15) is 5.75 Å². The molecule has 0 bridgehead atoms. The maximum atomic E-state index is 6.87. The highest BCUT2D eigenvalue weighted by Gasteiger charge is 2.39. The Morgan fingerprint density at radius 2 is 1.87 bits per heavy atom. The smallest absolute Gasteiger partial charge is 0.244 e. The number of aryl methyl sites for hydroxylation is 2. The number of ether oxygens (including phenoxy) is 2. The molecule has 0 saturated heterocycles. The molecule has 2 aliphatic rings. The Morgan fingerprint density at radius 3 is 2.74 bits per heavy atom. The van der Waals surface area contributed by atoms with Gasteiger partial charge in [-0.05, 0) is 55.0 Å². The lowest BCUT2D eigenvalue weighted by molar-refractivity contribution is 0.400. The minimum Gasteiger partial charge on any atom is -0.496 e. The number of benzene rings is 2. The number of nitrogen functional groups attached to an aromatic ring is 1. The van der Waals surface area contributed by atoms with Crippen molar-refractivity contribution in [2.75, 3.05) is 12.8 Å². The molecule has 2 aromatic carbocycles. The lowest BCUT2D eigenvalue weighted by Gasteiger charge is -2.31. The molecule has 1 atom stereocenters. The Hall–Kier alpha value is -3.54. The molecule has 6 heteroatoms. The van der Waals surface area contributed by atoms with E-state index in [1.807, 2.05) is 13.0 Å². The Morgan fingerprint density at radius 1 is 1.03 bits per heavy atom. The van der Waals surface area contributed by atoms with Crippen LogP contribution in [0, 0.1) is 6.92 Å². The number of fused-ring (bicyclic) bond motifs is 4. The summed E-state index contributed by atoms with van der Waals surface area (Å²) in [7, 11) is 1.71. The van der Waals surface area contributed by atoms with Gasteiger partial charge in [-0.25, -0.2) is 4.98 Å². The van der Waals surface area contributed by atoms with E-state index in [0.29, 0.717) is 11.8 Å². The van der Waals surface area contributed by atoms with E-state index in [1.165, 1.54) is 5.56 Å². The number of hydrogen-bond donors (Lipinski definition) is 2. The zero-order valence-corrected chi connectivity index (χ0v) is 17.7. The molecule has 3 N–H and O–H groups in total. The highest BCUT2D eigenvalue weighted by Crippen LogP contribution is 2.53. The summed E-state index contributed by atoms with van der Waals surface area (Å²) in [4.78, 5) is 4.94. The number of rotatable bonds is 2. The zero-order valence-electron chi connectivity index (χ0n) is 17.7. The molecule has 2 aromatic heterocycles. The molecule has 1 aliphatic carbocycles. The number of anilines is 1. The van der Waals surface area contributed by atoms with Gasteiger partial charge in [-0.2, -0.15) is 0 Å². The van der Waals surface area contributed by atoms with Gasteiger partial charge in [0.05, 0.1) is 18.6 Å². The molecule has 156 valence electrons. The Kier molecular flexibility index (Phi) is 3.96. The first-order chi connectivity index (χ1) is 15.2. The molecule has 6 rings (SSSR count). The minimum absolute atomic E-state index is 0.182. The van der Waals surface area contributed by atoms with E-state index in [-0.39, 0.29) is 5.92 Å². The van der Waals surface area contributed by atoms with Gasteiger partial charge in [-0.1, -0.05) is 30.3 Å². The average molecular weight is 412 g/mol. The standard InChI is InChI=1S/C25H24N4O2/c1-13-19-21(20-15-8-4-3-7-14(15)11-12-18(20)30-2)22-23(26)16-9-5-6-10-17(16)27-24(22)31-25(19)29-28-13/h3-4,7-8,11-12,21H,5-6,9-10H2,1-2H3,(H2,26,27)(H,28,29). The topological polar surface area (TPSA) is 86.0 Å². The molecule has 1 unspecified atom stereocenters. The maximum Gasteiger partial charge on any atom is 0.244 e. The average Bonchev–Trinajstić information content (AvgIpc) is 3.17. The number of nitrogens with one attached hydrogen (secondary N) is 1. The fourth-order valence-electron chi connectivity index (χ4n) is 5.23. The first kappa shape index (κ1) is 18.2. The van der Waals surface area contributed by atoms with E-state index >= 15 is 0 Å². The van der Waals surface area contributed by atoms with Crippen LogP contribution in [0.3, 0.4) is 0 Å².